The molecule has 12 heteroatoms. The topological polar surface area (TPSA) is 117 Å². The highest BCUT2D eigenvalue weighted by atomic mass is 32.2. The van der Waals surface area contributed by atoms with E-state index >= 15 is 0 Å². The number of carbonyl (C=O) groups excluding carboxylic acids is 1. The van der Waals surface area contributed by atoms with E-state index in [0.717, 1.165) is 51.7 Å². The number of ether oxygens (including phenoxy) is 1. The summed E-state index contributed by atoms with van der Waals surface area (Å²) in [6.07, 6.45) is 8.90. The van der Waals surface area contributed by atoms with Crippen molar-refractivity contribution in [1.29, 1.82) is 0 Å². The Kier molecular flexibility index (Phi) is 9.96. The number of sulfonamides is 1. The molecule has 1 amide bonds. The second-order valence-electron chi connectivity index (χ2n) is 11.1. The molecule has 1 aliphatic heterocycles. The minimum absolute atomic E-state index is 0.0387. The van der Waals surface area contributed by atoms with Crippen LogP contribution in [0.25, 0.3) is 0 Å². The van der Waals surface area contributed by atoms with Gasteiger partial charge in [0, 0.05) is 37.8 Å². The minimum Gasteiger partial charge on any atom is -0.451 e. The summed E-state index contributed by atoms with van der Waals surface area (Å²) in [6.45, 7) is 8.63. The molecule has 4 rings (SSSR count). The first-order chi connectivity index (χ1) is 19.0. The lowest BCUT2D eigenvalue weighted by Gasteiger charge is -2.29. The van der Waals surface area contributed by atoms with E-state index in [1.807, 2.05) is 20.8 Å². The first-order valence-electron chi connectivity index (χ1n) is 14.1. The lowest BCUT2D eigenvalue weighted by molar-refractivity contribution is 0.0713. The number of hydrogen-bond donors (Lipinski definition) is 2. The maximum Gasteiger partial charge on any atom is 0.257 e. The van der Waals surface area contributed by atoms with Gasteiger partial charge >= 0.3 is 0 Å². The smallest absolute Gasteiger partial charge is 0.257 e. The molecule has 40 heavy (non-hydrogen) atoms. The summed E-state index contributed by atoms with van der Waals surface area (Å²) in [5.74, 6) is 1.02. The number of halogens is 1. The molecule has 1 atom stereocenters. The van der Waals surface area contributed by atoms with E-state index in [1.54, 1.807) is 11.1 Å². The van der Waals surface area contributed by atoms with Gasteiger partial charge in [-0.15, -0.1) is 0 Å². The molecular weight excluding hydrogens is 535 g/mol. The molecule has 2 N–H and O–H groups in total. The number of aromatic nitrogens is 2. The Morgan fingerprint density at radius 2 is 1.93 bits per heavy atom. The molecule has 0 radical (unpaired) electrons. The van der Waals surface area contributed by atoms with Crippen LogP contribution < -0.4 is 19.7 Å². The summed E-state index contributed by atoms with van der Waals surface area (Å²) in [5, 5.41) is 3.69. The Morgan fingerprint density at radius 1 is 1.18 bits per heavy atom. The van der Waals surface area contributed by atoms with Crippen LogP contribution in [0.1, 0.15) is 63.2 Å². The van der Waals surface area contributed by atoms with Gasteiger partial charge in [-0.2, -0.15) is 0 Å². The van der Waals surface area contributed by atoms with Gasteiger partial charge in [0.1, 0.15) is 17.9 Å². The van der Waals surface area contributed by atoms with E-state index in [-0.39, 0.29) is 35.3 Å². The Morgan fingerprint density at radius 3 is 2.60 bits per heavy atom. The van der Waals surface area contributed by atoms with Crippen molar-refractivity contribution in [2.45, 2.75) is 71.0 Å². The molecule has 1 aromatic heterocycles. The third kappa shape index (κ3) is 7.88. The monoisotopic (exact) mass is 576 g/mol. The molecule has 2 aromatic rings. The van der Waals surface area contributed by atoms with Crippen LogP contribution in [0, 0.1) is 11.7 Å². The molecule has 1 aliphatic carbocycles. The zero-order chi connectivity index (χ0) is 28.9. The predicted molar refractivity (Wildman–Crippen MR) is 153 cm³/mol. The molecular formula is C28H41FN6O4S. The fourth-order valence-corrected chi connectivity index (χ4v) is 6.48. The third-order valence-corrected chi connectivity index (χ3v) is 8.45. The third-order valence-electron chi connectivity index (χ3n) is 7.69. The maximum absolute atomic E-state index is 14.2. The molecule has 2 heterocycles. The van der Waals surface area contributed by atoms with E-state index in [1.165, 1.54) is 30.8 Å². The number of benzene rings is 1. The fraction of sp³-hybridized carbons (Fsp3) is 0.607. The van der Waals surface area contributed by atoms with E-state index in [2.05, 4.69) is 24.9 Å². The summed E-state index contributed by atoms with van der Waals surface area (Å²) in [6, 6.07) is 4.24. The van der Waals surface area contributed by atoms with Crippen LogP contribution in [-0.4, -0.2) is 79.8 Å². The van der Waals surface area contributed by atoms with Crippen molar-refractivity contribution in [2.75, 3.05) is 37.3 Å². The number of anilines is 1. The van der Waals surface area contributed by atoms with Crippen molar-refractivity contribution in [3.05, 3.63) is 42.1 Å². The molecule has 2 aliphatic rings. The SMILES string of the molecule is CCN(C(=O)c1cc(F)ccc1Oc1cncnc1N1CC[C@H](NC[C@H]2CC[C@@H](NS(C)(=O)=O)CC2)C1)C(C)C. The van der Waals surface area contributed by atoms with Crippen LogP contribution in [0.5, 0.6) is 11.5 Å². The van der Waals surface area contributed by atoms with Gasteiger partial charge < -0.3 is 19.9 Å². The molecule has 1 saturated heterocycles. The summed E-state index contributed by atoms with van der Waals surface area (Å²) in [7, 11) is -3.17. The Labute approximate surface area is 236 Å². The van der Waals surface area contributed by atoms with Gasteiger partial charge in [-0.05, 0) is 83.5 Å². The lowest BCUT2D eigenvalue weighted by atomic mass is 9.86. The van der Waals surface area contributed by atoms with Gasteiger partial charge in [0.15, 0.2) is 11.6 Å². The van der Waals surface area contributed by atoms with Crippen LogP contribution in [0.2, 0.25) is 0 Å². The second-order valence-corrected chi connectivity index (χ2v) is 12.9. The van der Waals surface area contributed by atoms with Crippen LogP contribution in [0.4, 0.5) is 10.2 Å². The van der Waals surface area contributed by atoms with Gasteiger partial charge in [0.05, 0.1) is 18.0 Å². The fourth-order valence-electron chi connectivity index (χ4n) is 5.63. The molecule has 0 spiro atoms. The van der Waals surface area contributed by atoms with Gasteiger partial charge in [-0.1, -0.05) is 0 Å². The van der Waals surface area contributed by atoms with Gasteiger partial charge in [-0.3, -0.25) is 4.79 Å². The summed E-state index contributed by atoms with van der Waals surface area (Å²) < 4.78 is 46.1. The van der Waals surface area contributed by atoms with E-state index in [9.17, 15) is 17.6 Å². The van der Waals surface area contributed by atoms with Crippen LogP contribution in [0.3, 0.4) is 0 Å². The average Bonchev–Trinajstić information content (AvgIpc) is 3.38. The van der Waals surface area contributed by atoms with E-state index in [0.29, 0.717) is 24.0 Å². The van der Waals surface area contributed by atoms with Crippen molar-refractivity contribution in [1.82, 2.24) is 24.9 Å². The van der Waals surface area contributed by atoms with Crippen molar-refractivity contribution >= 4 is 21.7 Å². The minimum atomic E-state index is -3.17. The van der Waals surface area contributed by atoms with Crippen LogP contribution >= 0.6 is 0 Å². The maximum atomic E-state index is 14.2. The standard InChI is InChI=1S/C28H41FN6O4S/c1-5-35(19(2)3)28(36)24-14-21(29)8-11-25(24)39-26-16-30-18-32-27(26)34-13-12-23(17-34)31-15-20-6-9-22(10-7-20)33-40(4,37)38/h8,11,14,16,18-20,22-23,31,33H,5-7,9-10,12-13,15,17H2,1-4H3/t20-,22+,23-/m0/s1. The zero-order valence-electron chi connectivity index (χ0n) is 23.8. The first-order valence-corrected chi connectivity index (χ1v) is 16.0. The van der Waals surface area contributed by atoms with Crippen molar-refractivity contribution < 1.29 is 22.3 Å². The summed E-state index contributed by atoms with van der Waals surface area (Å²) in [5.41, 5.74) is 0.160. The summed E-state index contributed by atoms with van der Waals surface area (Å²) in [4.78, 5) is 25.7. The molecule has 10 nitrogen and oxygen atoms in total. The molecule has 1 saturated carbocycles. The Bertz CT molecular complexity index is 1270. The number of hydrogen-bond acceptors (Lipinski definition) is 8. The highest BCUT2D eigenvalue weighted by Gasteiger charge is 2.29. The van der Waals surface area contributed by atoms with E-state index in [4.69, 9.17) is 4.74 Å². The predicted octanol–water partition coefficient (Wildman–Crippen LogP) is 3.55. The number of amides is 1. The molecule has 0 unspecified atom stereocenters. The zero-order valence-corrected chi connectivity index (χ0v) is 24.6. The second kappa shape index (κ2) is 13.2. The quantitative estimate of drug-likeness (QED) is 0.417. The van der Waals surface area contributed by atoms with Crippen LogP contribution in [-0.2, 0) is 10.0 Å². The normalized spacial score (nSPS) is 21.6. The molecule has 1 aromatic carbocycles. The number of nitrogens with one attached hydrogen (secondary N) is 2. The first kappa shape index (κ1) is 30.1. The van der Waals surface area contributed by atoms with Gasteiger partial charge in [0.25, 0.3) is 5.91 Å². The highest BCUT2D eigenvalue weighted by Crippen LogP contribution is 2.34. The molecule has 0 bridgehead atoms. The highest BCUT2D eigenvalue weighted by molar-refractivity contribution is 7.88. The largest absolute Gasteiger partial charge is 0.451 e. The van der Waals surface area contributed by atoms with Crippen molar-refractivity contribution in [3.63, 3.8) is 0 Å². The van der Waals surface area contributed by atoms with Gasteiger partial charge in [0.2, 0.25) is 10.0 Å². The average molecular weight is 577 g/mol. The number of nitrogens with zero attached hydrogens (tertiary/aromatic N) is 4. The Balaban J connectivity index is 1.38. The molecule has 2 fully saturated rings. The number of carbonyl (C=O) groups is 1. The van der Waals surface area contributed by atoms with Crippen molar-refractivity contribution in [3.8, 4) is 11.5 Å². The molecule has 220 valence electrons. The number of rotatable bonds is 11. The van der Waals surface area contributed by atoms with Gasteiger partial charge in [-0.25, -0.2) is 27.5 Å². The van der Waals surface area contributed by atoms with E-state index < -0.39 is 15.8 Å². The summed E-state index contributed by atoms with van der Waals surface area (Å²) >= 11 is 0. The Hall–Kier alpha value is -2.83. The van der Waals surface area contributed by atoms with Crippen molar-refractivity contribution in [2.24, 2.45) is 5.92 Å². The van der Waals surface area contributed by atoms with Crippen LogP contribution in [0.15, 0.2) is 30.7 Å². The lowest BCUT2D eigenvalue weighted by Crippen LogP contribution is -2.40.